The molecular formula is C13H22N2O2S. The smallest absolute Gasteiger partial charge is 0.185 e. The first-order chi connectivity index (χ1) is 8.67. The summed E-state index contributed by atoms with van der Waals surface area (Å²) >= 11 is 1.61. The van der Waals surface area contributed by atoms with E-state index in [1.807, 2.05) is 0 Å². The molecule has 2 heterocycles. The zero-order chi connectivity index (χ0) is 13.1. The molecule has 18 heavy (non-hydrogen) atoms. The number of aliphatic hydroxyl groups is 1. The second kappa shape index (κ2) is 5.99. The summed E-state index contributed by atoms with van der Waals surface area (Å²) in [5.41, 5.74) is 1.06. The Hall–Kier alpha value is -0.650. The monoisotopic (exact) mass is 270 g/mol. The number of likely N-dealkylation sites (N-methyl/N-ethyl adjacent to an activating group) is 1. The van der Waals surface area contributed by atoms with Crippen molar-refractivity contribution in [3.63, 3.8) is 0 Å². The van der Waals surface area contributed by atoms with Gasteiger partial charge in [0.2, 0.25) is 0 Å². The molecule has 0 saturated carbocycles. The summed E-state index contributed by atoms with van der Waals surface area (Å²) in [5, 5.41) is 10.5. The highest BCUT2D eigenvalue weighted by molar-refractivity contribution is 7.15. The summed E-state index contributed by atoms with van der Waals surface area (Å²) in [6, 6.07) is 0.424. The number of hydrogen-bond acceptors (Lipinski definition) is 5. The van der Waals surface area contributed by atoms with E-state index in [2.05, 4.69) is 25.8 Å². The average molecular weight is 270 g/mol. The fourth-order valence-corrected chi connectivity index (χ4v) is 3.25. The topological polar surface area (TPSA) is 45.6 Å². The third-order valence-electron chi connectivity index (χ3n) is 3.69. The van der Waals surface area contributed by atoms with Gasteiger partial charge >= 0.3 is 0 Å². The van der Waals surface area contributed by atoms with Crippen LogP contribution in [0.5, 0.6) is 0 Å². The molecule has 1 fully saturated rings. The molecule has 0 radical (unpaired) electrons. The lowest BCUT2D eigenvalue weighted by molar-refractivity contribution is 0.193. The van der Waals surface area contributed by atoms with Gasteiger partial charge in [-0.05, 0) is 18.8 Å². The zero-order valence-corrected chi connectivity index (χ0v) is 12.2. The van der Waals surface area contributed by atoms with Crippen LogP contribution in [-0.4, -0.2) is 36.4 Å². The van der Waals surface area contributed by atoms with Crippen LogP contribution in [0, 0.1) is 0 Å². The van der Waals surface area contributed by atoms with Gasteiger partial charge in [0.1, 0.15) is 0 Å². The van der Waals surface area contributed by atoms with Crippen molar-refractivity contribution < 1.29 is 9.84 Å². The molecule has 1 aromatic heterocycles. The molecule has 1 aliphatic rings. The molecule has 102 valence electrons. The van der Waals surface area contributed by atoms with Gasteiger partial charge in [-0.25, -0.2) is 4.98 Å². The molecule has 0 spiro atoms. The number of aromatic nitrogens is 1. The third-order valence-corrected chi connectivity index (χ3v) is 4.84. The second-order valence-electron chi connectivity index (χ2n) is 4.90. The standard InChI is InChI=1S/C13H22N2O2S/c1-4-9(2)12-11(7-16)18-13(14-12)15(3)10-5-6-17-8-10/h9-10,16H,4-8H2,1-3H3. The lowest BCUT2D eigenvalue weighted by Gasteiger charge is -2.22. The van der Waals surface area contributed by atoms with E-state index in [-0.39, 0.29) is 6.61 Å². The van der Waals surface area contributed by atoms with Crippen molar-refractivity contribution in [3.8, 4) is 0 Å². The first-order valence-electron chi connectivity index (χ1n) is 6.58. The van der Waals surface area contributed by atoms with E-state index in [0.717, 1.165) is 41.8 Å². The van der Waals surface area contributed by atoms with Crippen molar-refractivity contribution in [2.24, 2.45) is 0 Å². The van der Waals surface area contributed by atoms with E-state index >= 15 is 0 Å². The molecule has 1 saturated heterocycles. The van der Waals surface area contributed by atoms with Gasteiger partial charge in [-0.3, -0.25) is 0 Å². The molecule has 1 aliphatic heterocycles. The highest BCUT2D eigenvalue weighted by Crippen LogP contribution is 2.33. The minimum absolute atomic E-state index is 0.0896. The minimum Gasteiger partial charge on any atom is -0.391 e. The molecule has 0 bridgehead atoms. The van der Waals surface area contributed by atoms with Crippen LogP contribution >= 0.6 is 11.3 Å². The maximum atomic E-state index is 9.45. The van der Waals surface area contributed by atoms with Crippen molar-refractivity contribution in [3.05, 3.63) is 10.6 Å². The van der Waals surface area contributed by atoms with Crippen molar-refractivity contribution >= 4 is 16.5 Å². The van der Waals surface area contributed by atoms with Gasteiger partial charge in [-0.15, -0.1) is 0 Å². The fraction of sp³-hybridized carbons (Fsp3) is 0.769. The molecular weight excluding hydrogens is 248 g/mol. The van der Waals surface area contributed by atoms with E-state index in [9.17, 15) is 5.11 Å². The Bertz CT molecular complexity index is 388. The molecule has 2 unspecified atom stereocenters. The number of hydrogen-bond donors (Lipinski definition) is 1. The Morgan fingerprint density at radius 3 is 2.94 bits per heavy atom. The molecule has 2 rings (SSSR count). The molecule has 5 heteroatoms. The summed E-state index contributed by atoms with van der Waals surface area (Å²) in [4.78, 5) is 7.93. The number of nitrogens with zero attached hydrogens (tertiary/aromatic N) is 2. The first-order valence-corrected chi connectivity index (χ1v) is 7.40. The van der Waals surface area contributed by atoms with Crippen molar-refractivity contribution in [2.75, 3.05) is 25.2 Å². The second-order valence-corrected chi connectivity index (χ2v) is 5.96. The van der Waals surface area contributed by atoms with Crippen LogP contribution in [0.25, 0.3) is 0 Å². The summed E-state index contributed by atoms with van der Waals surface area (Å²) in [7, 11) is 2.07. The van der Waals surface area contributed by atoms with Gasteiger partial charge in [0.05, 0.1) is 29.8 Å². The molecule has 0 aliphatic carbocycles. The molecule has 0 amide bonds. The van der Waals surface area contributed by atoms with Gasteiger partial charge in [-0.2, -0.15) is 0 Å². The van der Waals surface area contributed by atoms with Crippen molar-refractivity contribution in [1.82, 2.24) is 4.98 Å². The Kier molecular flexibility index (Phi) is 4.59. The van der Waals surface area contributed by atoms with E-state index < -0.39 is 0 Å². The van der Waals surface area contributed by atoms with Crippen LogP contribution in [-0.2, 0) is 11.3 Å². The lowest BCUT2D eigenvalue weighted by atomic mass is 10.0. The molecule has 4 nitrogen and oxygen atoms in total. The number of aliphatic hydroxyl groups excluding tert-OH is 1. The zero-order valence-electron chi connectivity index (χ0n) is 11.3. The number of rotatable bonds is 5. The van der Waals surface area contributed by atoms with E-state index in [0.29, 0.717) is 12.0 Å². The summed E-state index contributed by atoms with van der Waals surface area (Å²) in [6.45, 7) is 6.02. The first kappa shape index (κ1) is 13.8. The van der Waals surface area contributed by atoms with E-state index in [1.54, 1.807) is 11.3 Å². The van der Waals surface area contributed by atoms with Gasteiger partial charge in [0, 0.05) is 13.7 Å². The predicted molar refractivity (Wildman–Crippen MR) is 74.4 cm³/mol. The quantitative estimate of drug-likeness (QED) is 0.892. The molecule has 2 atom stereocenters. The van der Waals surface area contributed by atoms with Crippen LogP contribution < -0.4 is 4.90 Å². The van der Waals surface area contributed by atoms with Crippen LogP contribution in [0.4, 0.5) is 5.13 Å². The predicted octanol–water partition coefficient (Wildman–Crippen LogP) is 2.37. The van der Waals surface area contributed by atoms with Gasteiger partial charge in [0.25, 0.3) is 0 Å². The highest BCUT2D eigenvalue weighted by atomic mass is 32.1. The maximum Gasteiger partial charge on any atom is 0.185 e. The van der Waals surface area contributed by atoms with E-state index in [1.165, 1.54) is 0 Å². The van der Waals surface area contributed by atoms with E-state index in [4.69, 9.17) is 9.72 Å². The third kappa shape index (κ3) is 2.68. The van der Waals surface area contributed by atoms with Crippen LogP contribution in [0.1, 0.15) is 43.2 Å². The average Bonchev–Trinajstić information content (AvgIpc) is 3.05. The van der Waals surface area contributed by atoms with Crippen LogP contribution in [0.3, 0.4) is 0 Å². The van der Waals surface area contributed by atoms with Gasteiger partial charge in [0.15, 0.2) is 5.13 Å². The molecule has 0 aromatic carbocycles. The maximum absolute atomic E-state index is 9.45. The molecule has 1 N–H and O–H groups in total. The summed E-state index contributed by atoms with van der Waals surface area (Å²) < 4.78 is 5.42. The minimum atomic E-state index is 0.0896. The van der Waals surface area contributed by atoms with Gasteiger partial charge in [-0.1, -0.05) is 25.2 Å². The van der Waals surface area contributed by atoms with Crippen molar-refractivity contribution in [2.45, 2.75) is 45.3 Å². The Labute approximate surface area is 113 Å². The highest BCUT2D eigenvalue weighted by Gasteiger charge is 2.24. The molecule has 1 aromatic rings. The Morgan fingerprint density at radius 1 is 1.61 bits per heavy atom. The van der Waals surface area contributed by atoms with Crippen LogP contribution in [0.2, 0.25) is 0 Å². The summed E-state index contributed by atoms with van der Waals surface area (Å²) in [5.74, 6) is 0.408. The number of anilines is 1. The van der Waals surface area contributed by atoms with Gasteiger partial charge < -0.3 is 14.7 Å². The Balaban J connectivity index is 2.20. The SMILES string of the molecule is CCC(C)c1nc(N(C)C2CCOC2)sc1CO. The normalized spacial score (nSPS) is 21.2. The fourth-order valence-electron chi connectivity index (χ4n) is 2.18. The van der Waals surface area contributed by atoms with Crippen LogP contribution in [0.15, 0.2) is 0 Å². The number of ether oxygens (including phenoxy) is 1. The lowest BCUT2D eigenvalue weighted by Crippen LogP contribution is -2.31. The largest absolute Gasteiger partial charge is 0.391 e. The Morgan fingerprint density at radius 2 is 2.39 bits per heavy atom. The number of thiazole rings is 1. The van der Waals surface area contributed by atoms with Crippen molar-refractivity contribution in [1.29, 1.82) is 0 Å². The summed E-state index contributed by atoms with van der Waals surface area (Å²) in [6.07, 6.45) is 2.11.